The summed E-state index contributed by atoms with van der Waals surface area (Å²) in [5, 5.41) is 0. The van der Waals surface area contributed by atoms with E-state index >= 15 is 0 Å². The summed E-state index contributed by atoms with van der Waals surface area (Å²) in [6.07, 6.45) is 7.19. The molecule has 21 heavy (non-hydrogen) atoms. The van der Waals surface area contributed by atoms with Gasteiger partial charge in [-0.1, -0.05) is 19.8 Å². The Kier molecular flexibility index (Phi) is 5.67. The van der Waals surface area contributed by atoms with E-state index in [0.717, 1.165) is 35.9 Å². The summed E-state index contributed by atoms with van der Waals surface area (Å²) in [5.74, 6) is 2.52. The van der Waals surface area contributed by atoms with Gasteiger partial charge in [0.05, 0.1) is 13.2 Å². The minimum absolute atomic E-state index is 0.620. The molecule has 0 saturated heterocycles. The monoisotopic (exact) mass is 288 g/mol. The van der Waals surface area contributed by atoms with Crippen molar-refractivity contribution in [3.8, 4) is 22.9 Å². The highest BCUT2D eigenvalue weighted by molar-refractivity contribution is 5.61. The number of benzene rings is 1. The van der Waals surface area contributed by atoms with Crippen LogP contribution in [0.3, 0.4) is 0 Å². The molecule has 0 amide bonds. The SMILES string of the molecule is CCCCCOc1ccc(-c2nccn2C)cc1OCC. The van der Waals surface area contributed by atoms with Gasteiger partial charge in [0.15, 0.2) is 11.5 Å². The molecule has 0 aliphatic rings. The van der Waals surface area contributed by atoms with Crippen molar-refractivity contribution in [2.45, 2.75) is 33.1 Å². The third-order valence-corrected chi connectivity index (χ3v) is 3.33. The van der Waals surface area contributed by atoms with Crippen LogP contribution in [0.2, 0.25) is 0 Å². The third-order valence-electron chi connectivity index (χ3n) is 3.33. The first-order chi connectivity index (χ1) is 10.3. The first kappa shape index (κ1) is 15.4. The van der Waals surface area contributed by atoms with Crippen LogP contribution < -0.4 is 9.47 Å². The molecule has 0 saturated carbocycles. The minimum atomic E-state index is 0.620. The Balaban J connectivity index is 2.16. The van der Waals surface area contributed by atoms with E-state index in [2.05, 4.69) is 11.9 Å². The molecule has 0 atom stereocenters. The van der Waals surface area contributed by atoms with Gasteiger partial charge in [0.2, 0.25) is 0 Å². The Morgan fingerprint density at radius 2 is 1.95 bits per heavy atom. The van der Waals surface area contributed by atoms with E-state index in [1.807, 2.05) is 42.9 Å². The minimum Gasteiger partial charge on any atom is -0.490 e. The Morgan fingerprint density at radius 1 is 1.10 bits per heavy atom. The van der Waals surface area contributed by atoms with Crippen LogP contribution in [0.15, 0.2) is 30.6 Å². The van der Waals surface area contributed by atoms with E-state index < -0.39 is 0 Å². The van der Waals surface area contributed by atoms with Crippen molar-refractivity contribution in [2.24, 2.45) is 7.05 Å². The molecule has 4 nitrogen and oxygen atoms in total. The van der Waals surface area contributed by atoms with Gasteiger partial charge in [-0.3, -0.25) is 0 Å². The highest BCUT2D eigenvalue weighted by Crippen LogP contribution is 2.32. The van der Waals surface area contributed by atoms with Gasteiger partial charge in [0.1, 0.15) is 5.82 Å². The Labute approximate surface area is 126 Å². The molecule has 2 rings (SSSR count). The first-order valence-corrected chi connectivity index (χ1v) is 7.63. The largest absolute Gasteiger partial charge is 0.490 e. The van der Waals surface area contributed by atoms with Crippen molar-refractivity contribution < 1.29 is 9.47 Å². The van der Waals surface area contributed by atoms with Gasteiger partial charge in [0, 0.05) is 25.0 Å². The van der Waals surface area contributed by atoms with Crippen molar-refractivity contribution in [3.63, 3.8) is 0 Å². The molecular formula is C17H24N2O2. The summed E-state index contributed by atoms with van der Waals surface area (Å²) in [6, 6.07) is 6.00. The smallest absolute Gasteiger partial charge is 0.161 e. The van der Waals surface area contributed by atoms with Gasteiger partial charge in [-0.25, -0.2) is 4.98 Å². The van der Waals surface area contributed by atoms with Gasteiger partial charge < -0.3 is 14.0 Å². The second-order valence-corrected chi connectivity index (χ2v) is 5.01. The van der Waals surface area contributed by atoms with Crippen molar-refractivity contribution in [2.75, 3.05) is 13.2 Å². The normalized spacial score (nSPS) is 10.6. The van der Waals surface area contributed by atoms with E-state index in [9.17, 15) is 0 Å². The van der Waals surface area contributed by atoms with Crippen LogP contribution in [-0.2, 0) is 7.05 Å². The molecule has 0 fully saturated rings. The second-order valence-electron chi connectivity index (χ2n) is 5.01. The maximum atomic E-state index is 5.84. The van der Waals surface area contributed by atoms with Crippen molar-refractivity contribution in [1.82, 2.24) is 9.55 Å². The molecule has 0 unspecified atom stereocenters. The van der Waals surface area contributed by atoms with Crippen molar-refractivity contribution in [3.05, 3.63) is 30.6 Å². The lowest BCUT2D eigenvalue weighted by Crippen LogP contribution is -2.01. The molecule has 0 aliphatic heterocycles. The number of hydrogen-bond acceptors (Lipinski definition) is 3. The molecular weight excluding hydrogens is 264 g/mol. The van der Waals surface area contributed by atoms with Crippen LogP contribution in [0.5, 0.6) is 11.5 Å². The number of aryl methyl sites for hydroxylation is 1. The maximum absolute atomic E-state index is 5.84. The van der Waals surface area contributed by atoms with Crippen molar-refractivity contribution in [1.29, 1.82) is 0 Å². The fourth-order valence-electron chi connectivity index (χ4n) is 2.21. The number of rotatable bonds is 8. The predicted molar refractivity (Wildman–Crippen MR) is 84.8 cm³/mol. The molecule has 1 heterocycles. The van der Waals surface area contributed by atoms with Crippen LogP contribution in [-0.4, -0.2) is 22.8 Å². The van der Waals surface area contributed by atoms with E-state index in [4.69, 9.17) is 9.47 Å². The van der Waals surface area contributed by atoms with E-state index in [1.54, 1.807) is 6.20 Å². The lowest BCUT2D eigenvalue weighted by molar-refractivity contribution is 0.271. The average Bonchev–Trinajstić information content (AvgIpc) is 2.91. The molecule has 0 aliphatic carbocycles. The average molecular weight is 288 g/mol. The summed E-state index contributed by atoms with van der Waals surface area (Å²) in [5.41, 5.74) is 1.03. The molecule has 2 aromatic rings. The summed E-state index contributed by atoms with van der Waals surface area (Å²) in [6.45, 7) is 5.52. The molecule has 4 heteroatoms. The summed E-state index contributed by atoms with van der Waals surface area (Å²) in [4.78, 5) is 4.37. The van der Waals surface area contributed by atoms with Crippen LogP contribution in [0.4, 0.5) is 0 Å². The summed E-state index contributed by atoms with van der Waals surface area (Å²) < 4.78 is 13.5. The van der Waals surface area contributed by atoms with Gasteiger partial charge in [-0.15, -0.1) is 0 Å². The van der Waals surface area contributed by atoms with Crippen LogP contribution in [0, 0.1) is 0 Å². The molecule has 0 radical (unpaired) electrons. The van der Waals surface area contributed by atoms with Gasteiger partial charge in [0.25, 0.3) is 0 Å². The summed E-state index contributed by atoms with van der Waals surface area (Å²) in [7, 11) is 1.98. The molecule has 0 N–H and O–H groups in total. The zero-order chi connectivity index (χ0) is 15.1. The number of imidazole rings is 1. The Bertz CT molecular complexity index is 564. The lowest BCUT2D eigenvalue weighted by Gasteiger charge is -2.13. The highest BCUT2D eigenvalue weighted by Gasteiger charge is 2.10. The molecule has 0 spiro atoms. The maximum Gasteiger partial charge on any atom is 0.161 e. The molecule has 1 aromatic carbocycles. The molecule has 114 valence electrons. The second kappa shape index (κ2) is 7.72. The number of unbranched alkanes of at least 4 members (excludes halogenated alkanes) is 2. The van der Waals surface area contributed by atoms with E-state index in [-0.39, 0.29) is 0 Å². The zero-order valence-electron chi connectivity index (χ0n) is 13.1. The lowest BCUT2D eigenvalue weighted by atomic mass is 10.2. The third kappa shape index (κ3) is 4.00. The highest BCUT2D eigenvalue weighted by atomic mass is 16.5. The number of ether oxygens (including phenoxy) is 2. The number of aromatic nitrogens is 2. The zero-order valence-corrected chi connectivity index (χ0v) is 13.1. The van der Waals surface area contributed by atoms with Gasteiger partial charge >= 0.3 is 0 Å². The molecule has 1 aromatic heterocycles. The van der Waals surface area contributed by atoms with E-state index in [1.165, 1.54) is 12.8 Å². The fraction of sp³-hybridized carbons (Fsp3) is 0.471. The number of nitrogens with zero attached hydrogens (tertiary/aromatic N) is 2. The van der Waals surface area contributed by atoms with E-state index in [0.29, 0.717) is 6.61 Å². The van der Waals surface area contributed by atoms with Crippen LogP contribution in [0.25, 0.3) is 11.4 Å². The van der Waals surface area contributed by atoms with Gasteiger partial charge in [-0.2, -0.15) is 0 Å². The quantitative estimate of drug-likeness (QED) is 0.687. The summed E-state index contributed by atoms with van der Waals surface area (Å²) >= 11 is 0. The standard InChI is InChI=1S/C17H24N2O2/c1-4-6-7-12-21-15-9-8-14(13-16(15)20-5-2)17-18-10-11-19(17)3/h8-11,13H,4-7,12H2,1-3H3. The fourth-order valence-corrected chi connectivity index (χ4v) is 2.21. The number of hydrogen-bond donors (Lipinski definition) is 0. The first-order valence-electron chi connectivity index (χ1n) is 7.63. The molecule has 0 bridgehead atoms. The van der Waals surface area contributed by atoms with Crippen molar-refractivity contribution >= 4 is 0 Å². The van der Waals surface area contributed by atoms with Crippen LogP contribution in [0.1, 0.15) is 33.1 Å². The van der Waals surface area contributed by atoms with Crippen LogP contribution >= 0.6 is 0 Å². The Morgan fingerprint density at radius 3 is 2.62 bits per heavy atom. The van der Waals surface area contributed by atoms with Gasteiger partial charge in [-0.05, 0) is 31.5 Å². The Hall–Kier alpha value is -1.97. The predicted octanol–water partition coefficient (Wildman–Crippen LogP) is 4.05. The topological polar surface area (TPSA) is 36.3 Å².